The predicted octanol–water partition coefficient (Wildman–Crippen LogP) is 4.05. The van der Waals surface area contributed by atoms with Gasteiger partial charge < -0.3 is 15.7 Å². The summed E-state index contributed by atoms with van der Waals surface area (Å²) in [7, 11) is 0. The molecule has 1 heterocycles. The molecule has 0 spiro atoms. The zero-order valence-corrected chi connectivity index (χ0v) is 16.2. The lowest BCUT2D eigenvalue weighted by atomic mass is 10.1. The zero-order chi connectivity index (χ0) is 22.3. The first-order valence-corrected chi connectivity index (χ1v) is 9.28. The molecule has 0 radical (unpaired) electrons. The van der Waals surface area contributed by atoms with Gasteiger partial charge in [0.25, 0.3) is 5.91 Å². The summed E-state index contributed by atoms with van der Waals surface area (Å²) in [6, 6.07) is 14.7. The van der Waals surface area contributed by atoms with Crippen molar-refractivity contribution in [3.8, 4) is 17.6 Å². The lowest BCUT2D eigenvalue weighted by molar-refractivity contribution is -0.137. The van der Waals surface area contributed by atoms with Crippen LogP contribution in [0.25, 0.3) is 0 Å². The van der Waals surface area contributed by atoms with E-state index in [0.29, 0.717) is 16.9 Å². The number of benzene rings is 2. The fourth-order valence-corrected chi connectivity index (χ4v) is 2.69. The molecule has 2 aromatic carbocycles. The molecule has 0 atom stereocenters. The maximum absolute atomic E-state index is 13.0. The Morgan fingerprint density at radius 2 is 1.74 bits per heavy atom. The Morgan fingerprint density at radius 1 is 0.968 bits per heavy atom. The highest BCUT2D eigenvalue weighted by molar-refractivity contribution is 5.95. The number of carbonyl (C=O) groups is 1. The van der Waals surface area contributed by atoms with Crippen molar-refractivity contribution in [1.29, 1.82) is 0 Å². The first kappa shape index (κ1) is 21.7. The van der Waals surface area contributed by atoms with E-state index in [0.717, 1.165) is 12.1 Å². The molecular weight excluding hydrogens is 407 g/mol. The van der Waals surface area contributed by atoms with E-state index in [-0.39, 0.29) is 18.8 Å². The number of hydrogen-bond acceptors (Lipinski definition) is 4. The number of pyridine rings is 1. The van der Waals surface area contributed by atoms with Crippen LogP contribution in [0.5, 0.6) is 5.75 Å². The molecule has 0 aliphatic rings. The predicted molar refractivity (Wildman–Crippen MR) is 111 cm³/mol. The van der Waals surface area contributed by atoms with E-state index in [1.54, 1.807) is 42.6 Å². The molecule has 0 unspecified atom stereocenters. The minimum Gasteiger partial charge on any atom is -0.508 e. The van der Waals surface area contributed by atoms with Crippen molar-refractivity contribution < 1.29 is 23.1 Å². The van der Waals surface area contributed by atoms with E-state index in [1.165, 1.54) is 12.1 Å². The molecular formula is C23H18F3N3O2. The third-order valence-corrected chi connectivity index (χ3v) is 4.15. The minimum absolute atomic E-state index is 0.117. The monoisotopic (exact) mass is 425 g/mol. The number of rotatable bonds is 5. The van der Waals surface area contributed by atoms with Crippen LogP contribution in [0.4, 0.5) is 19.0 Å². The van der Waals surface area contributed by atoms with Gasteiger partial charge in [0.05, 0.1) is 11.1 Å². The van der Waals surface area contributed by atoms with Gasteiger partial charge in [0.1, 0.15) is 11.6 Å². The highest BCUT2D eigenvalue weighted by Crippen LogP contribution is 2.31. The van der Waals surface area contributed by atoms with Gasteiger partial charge in [-0.05, 0) is 42.5 Å². The first-order valence-electron chi connectivity index (χ1n) is 9.28. The number of halogens is 3. The fraction of sp³-hybridized carbons (Fsp3) is 0.130. The number of carbonyl (C=O) groups excluding carboxylic acids is 1. The minimum atomic E-state index is -4.60. The molecule has 0 saturated heterocycles. The number of nitrogens with one attached hydrogen (secondary N) is 2. The summed E-state index contributed by atoms with van der Waals surface area (Å²) >= 11 is 0. The summed E-state index contributed by atoms with van der Waals surface area (Å²) < 4.78 is 39.0. The fourth-order valence-electron chi connectivity index (χ4n) is 2.69. The number of hydrogen-bond donors (Lipinski definition) is 3. The van der Waals surface area contributed by atoms with Gasteiger partial charge in [-0.25, -0.2) is 4.98 Å². The first-order chi connectivity index (χ1) is 14.8. The quantitative estimate of drug-likeness (QED) is 0.426. The van der Waals surface area contributed by atoms with Crippen LogP contribution in [-0.2, 0) is 6.18 Å². The normalized spacial score (nSPS) is 10.7. The topological polar surface area (TPSA) is 74.2 Å². The van der Waals surface area contributed by atoms with Crippen molar-refractivity contribution in [2.45, 2.75) is 6.18 Å². The van der Waals surface area contributed by atoms with E-state index in [2.05, 4.69) is 27.5 Å². The van der Waals surface area contributed by atoms with E-state index < -0.39 is 23.2 Å². The van der Waals surface area contributed by atoms with Gasteiger partial charge in [0.2, 0.25) is 0 Å². The van der Waals surface area contributed by atoms with E-state index in [9.17, 15) is 23.1 Å². The lowest BCUT2D eigenvalue weighted by Gasteiger charge is -2.13. The van der Waals surface area contributed by atoms with Gasteiger partial charge in [0, 0.05) is 30.4 Å². The summed E-state index contributed by atoms with van der Waals surface area (Å²) in [6.45, 7) is 0.396. The van der Waals surface area contributed by atoms with Crippen LogP contribution in [0.1, 0.15) is 27.0 Å². The smallest absolute Gasteiger partial charge is 0.417 e. The van der Waals surface area contributed by atoms with Crippen molar-refractivity contribution in [2.24, 2.45) is 0 Å². The molecule has 3 N–H and O–H groups in total. The number of phenolic OH excluding ortho intramolecular Hbond substituents is 1. The molecule has 0 bridgehead atoms. The third kappa shape index (κ3) is 6.24. The summed E-state index contributed by atoms with van der Waals surface area (Å²) in [5.74, 6) is 5.73. The number of alkyl halides is 3. The molecule has 158 valence electrons. The maximum Gasteiger partial charge on any atom is 0.417 e. The van der Waals surface area contributed by atoms with E-state index in [1.807, 2.05) is 0 Å². The summed E-state index contributed by atoms with van der Waals surface area (Å²) in [6.07, 6.45) is -3.03. The Morgan fingerprint density at radius 3 is 2.45 bits per heavy atom. The van der Waals surface area contributed by atoms with Crippen molar-refractivity contribution in [1.82, 2.24) is 10.3 Å². The van der Waals surface area contributed by atoms with Crippen molar-refractivity contribution >= 4 is 11.7 Å². The number of amides is 1. The van der Waals surface area contributed by atoms with E-state index in [4.69, 9.17) is 0 Å². The van der Waals surface area contributed by atoms with Gasteiger partial charge in [0.15, 0.2) is 0 Å². The second-order valence-electron chi connectivity index (χ2n) is 6.46. The molecule has 0 fully saturated rings. The number of aromatic hydroxyl groups is 1. The molecule has 1 amide bonds. The van der Waals surface area contributed by atoms with Crippen LogP contribution >= 0.6 is 0 Å². The molecule has 5 nitrogen and oxygen atoms in total. The Bertz CT molecular complexity index is 1120. The Hall–Kier alpha value is -3.99. The zero-order valence-electron chi connectivity index (χ0n) is 16.2. The lowest BCUT2D eigenvalue weighted by Crippen LogP contribution is -2.30. The standard InChI is InChI=1S/C23H18F3N3O2/c24-23(25,26)20-7-2-1-6-19(20)22(31)28-13-12-27-21-11-10-17(15-29-21)9-8-16-4-3-5-18(30)14-16/h1-7,10-11,14-15,30H,12-13H2,(H,27,29)(H,28,31). The van der Waals surface area contributed by atoms with Gasteiger partial charge in [-0.15, -0.1) is 0 Å². The van der Waals surface area contributed by atoms with Crippen molar-refractivity contribution in [3.63, 3.8) is 0 Å². The summed E-state index contributed by atoms with van der Waals surface area (Å²) in [5.41, 5.74) is -0.0386. The highest BCUT2D eigenvalue weighted by Gasteiger charge is 2.34. The SMILES string of the molecule is O=C(NCCNc1ccc(C#Cc2cccc(O)c2)cn1)c1ccccc1C(F)(F)F. The largest absolute Gasteiger partial charge is 0.508 e. The number of nitrogens with zero attached hydrogens (tertiary/aromatic N) is 1. The van der Waals surface area contributed by atoms with Gasteiger partial charge in [-0.3, -0.25) is 4.79 Å². The summed E-state index contributed by atoms with van der Waals surface area (Å²) in [5, 5.41) is 14.9. The van der Waals surface area contributed by atoms with Crippen LogP contribution in [0.3, 0.4) is 0 Å². The molecule has 0 aliphatic heterocycles. The number of anilines is 1. The van der Waals surface area contributed by atoms with Gasteiger partial charge in [-0.1, -0.05) is 30.0 Å². The Balaban J connectivity index is 1.50. The van der Waals surface area contributed by atoms with Crippen molar-refractivity contribution in [3.05, 3.63) is 89.1 Å². The third-order valence-electron chi connectivity index (χ3n) is 4.15. The molecule has 31 heavy (non-hydrogen) atoms. The average Bonchev–Trinajstić information content (AvgIpc) is 2.75. The van der Waals surface area contributed by atoms with Crippen LogP contribution in [-0.4, -0.2) is 29.1 Å². The van der Waals surface area contributed by atoms with Gasteiger partial charge in [-0.2, -0.15) is 13.2 Å². The number of phenols is 1. The molecule has 3 aromatic rings. The van der Waals surface area contributed by atoms with Crippen LogP contribution in [0, 0.1) is 11.8 Å². The number of aromatic nitrogens is 1. The van der Waals surface area contributed by atoms with Gasteiger partial charge >= 0.3 is 6.18 Å². The molecule has 3 rings (SSSR count). The maximum atomic E-state index is 13.0. The summed E-state index contributed by atoms with van der Waals surface area (Å²) in [4.78, 5) is 16.3. The van der Waals surface area contributed by atoms with Crippen LogP contribution < -0.4 is 10.6 Å². The highest BCUT2D eigenvalue weighted by atomic mass is 19.4. The molecule has 0 saturated carbocycles. The molecule has 0 aliphatic carbocycles. The molecule has 8 heteroatoms. The second-order valence-corrected chi connectivity index (χ2v) is 6.46. The Labute approximate surface area is 177 Å². The van der Waals surface area contributed by atoms with Crippen molar-refractivity contribution in [2.75, 3.05) is 18.4 Å². The van der Waals surface area contributed by atoms with E-state index >= 15 is 0 Å². The Kier molecular flexibility index (Phi) is 6.78. The molecule has 1 aromatic heterocycles. The van der Waals surface area contributed by atoms with Crippen LogP contribution in [0.2, 0.25) is 0 Å². The average molecular weight is 425 g/mol. The van der Waals surface area contributed by atoms with Crippen LogP contribution in [0.15, 0.2) is 66.9 Å². The second kappa shape index (κ2) is 9.67.